The minimum atomic E-state index is -3.30. The SMILES string of the molecule is [2H]C([2H])(C)c1ccc(CCC([2H])([2H])C2(F)CC([2H])([2H])N(C(=O)c3ccc(F)c(Cl)c3)CC2([2H])[2H])nc1. The fourth-order valence-corrected chi connectivity index (χ4v) is 2.87. The maximum atomic E-state index is 16.2. The number of benzene rings is 1. The van der Waals surface area contributed by atoms with Gasteiger partial charge in [-0.15, -0.1) is 0 Å². The average Bonchev–Trinajstić information content (AvgIpc) is 2.76. The summed E-state index contributed by atoms with van der Waals surface area (Å²) in [5, 5.41) is -0.394. The van der Waals surface area contributed by atoms with E-state index in [9.17, 15) is 9.18 Å². The Morgan fingerprint density at radius 1 is 1.43 bits per heavy atom. The number of alkyl halides is 1. The van der Waals surface area contributed by atoms with Crippen LogP contribution in [0.2, 0.25) is 5.02 Å². The number of hydrogen-bond donors (Lipinski definition) is 0. The summed E-state index contributed by atoms with van der Waals surface area (Å²) >= 11 is 5.70. The van der Waals surface area contributed by atoms with Gasteiger partial charge in [0.2, 0.25) is 0 Å². The lowest BCUT2D eigenvalue weighted by Crippen LogP contribution is -2.44. The van der Waals surface area contributed by atoms with Gasteiger partial charge in [-0.05, 0) is 68.2 Å². The lowest BCUT2D eigenvalue weighted by atomic mass is 9.87. The molecule has 2 aromatic rings. The number of hydrogen-bond acceptors (Lipinski definition) is 2. The molecule has 2 heterocycles. The molecule has 6 heteroatoms. The predicted octanol–water partition coefficient (Wildman–Crippen LogP) is 5.40. The van der Waals surface area contributed by atoms with Crippen molar-refractivity contribution in [1.82, 2.24) is 9.88 Å². The highest BCUT2D eigenvalue weighted by Crippen LogP contribution is 2.32. The highest BCUT2D eigenvalue weighted by atomic mass is 35.5. The van der Waals surface area contributed by atoms with Crippen molar-refractivity contribution in [3.05, 3.63) is 64.2 Å². The third-order valence-corrected chi connectivity index (χ3v) is 4.63. The molecule has 3 nitrogen and oxygen atoms in total. The molecule has 1 aromatic carbocycles. The molecule has 1 amide bonds. The zero-order valence-electron chi connectivity index (χ0n) is 23.2. The van der Waals surface area contributed by atoms with E-state index in [2.05, 4.69) is 4.98 Å². The van der Waals surface area contributed by atoms with E-state index in [1.807, 2.05) is 0 Å². The fraction of sp³-hybridized carbons (Fsp3) is 0.455. The highest BCUT2D eigenvalue weighted by Gasteiger charge is 2.35. The molecule has 0 spiro atoms. The summed E-state index contributed by atoms with van der Waals surface area (Å²) in [4.78, 5) is 17.5. The van der Waals surface area contributed by atoms with E-state index in [1.54, 1.807) is 0 Å². The van der Waals surface area contributed by atoms with Gasteiger partial charge in [0, 0.05) is 41.5 Å². The number of aromatic nitrogens is 1. The maximum absolute atomic E-state index is 16.2. The van der Waals surface area contributed by atoms with Gasteiger partial charge in [0.15, 0.2) is 0 Å². The van der Waals surface area contributed by atoms with Crippen molar-refractivity contribution in [3.63, 3.8) is 0 Å². The number of pyridine rings is 1. The number of rotatable bonds is 6. The Hall–Kier alpha value is -2.01. The minimum absolute atomic E-state index is 0.110. The topological polar surface area (TPSA) is 33.2 Å². The van der Waals surface area contributed by atoms with Crippen LogP contribution in [0.25, 0.3) is 0 Å². The van der Waals surface area contributed by atoms with Gasteiger partial charge >= 0.3 is 0 Å². The number of amides is 1. The molecule has 0 N–H and O–H groups in total. The molecule has 3 rings (SSSR count). The van der Waals surface area contributed by atoms with Crippen LogP contribution in [0.4, 0.5) is 8.78 Å². The molecule has 1 saturated heterocycles. The molecule has 1 aliphatic heterocycles. The molecular formula is C22H25ClF2N2O. The fourth-order valence-electron chi connectivity index (χ4n) is 2.69. The van der Waals surface area contributed by atoms with Crippen molar-refractivity contribution < 1.29 is 24.5 Å². The Morgan fingerprint density at radius 2 is 2.25 bits per heavy atom. The lowest BCUT2D eigenvalue weighted by Gasteiger charge is -2.36. The van der Waals surface area contributed by atoms with Gasteiger partial charge in [-0.2, -0.15) is 0 Å². The molecule has 1 aliphatic rings. The molecule has 0 radical (unpaired) electrons. The minimum Gasteiger partial charge on any atom is -0.338 e. The molecule has 0 bridgehead atoms. The first-order valence-corrected chi connectivity index (χ1v) is 9.10. The molecule has 28 heavy (non-hydrogen) atoms. The van der Waals surface area contributed by atoms with Crippen molar-refractivity contribution in [2.75, 3.05) is 13.0 Å². The van der Waals surface area contributed by atoms with Gasteiger partial charge in [-0.1, -0.05) is 24.6 Å². The molecule has 0 aliphatic carbocycles. The van der Waals surface area contributed by atoms with Gasteiger partial charge in [0.05, 0.1) is 5.02 Å². The molecule has 1 aromatic heterocycles. The van der Waals surface area contributed by atoms with E-state index >= 15 is 4.39 Å². The van der Waals surface area contributed by atoms with Crippen molar-refractivity contribution in [2.45, 2.75) is 51.0 Å². The Balaban J connectivity index is 1.83. The predicted molar refractivity (Wildman–Crippen MR) is 107 cm³/mol. The first kappa shape index (κ1) is 12.5. The number of piperidine rings is 1. The van der Waals surface area contributed by atoms with Gasteiger partial charge in [0.25, 0.3) is 5.91 Å². The maximum Gasteiger partial charge on any atom is 0.253 e. The standard InChI is InChI=1S/C22H25ClF2N2O/c1-2-16-5-7-18(26-15-16)4-3-9-22(25)10-12-27(13-11-22)21(28)17-6-8-20(24)19(23)14-17/h5-8,14-15H,2-4,9-13H2,1H3/i2D2,9D2,10D2,13D2. The van der Waals surface area contributed by atoms with Crippen LogP contribution in [0.15, 0.2) is 36.5 Å². The first-order valence-electron chi connectivity index (χ1n) is 12.7. The zero-order valence-corrected chi connectivity index (χ0v) is 16.0. The summed E-state index contributed by atoms with van der Waals surface area (Å²) in [6.45, 7) is -2.49. The number of nitrogens with zero attached hydrogens (tertiary/aromatic N) is 2. The van der Waals surface area contributed by atoms with Crippen LogP contribution in [0.1, 0.15) is 65.1 Å². The van der Waals surface area contributed by atoms with E-state index < -0.39 is 67.4 Å². The number of likely N-dealkylation sites (tertiary alicyclic amines) is 1. The van der Waals surface area contributed by atoms with Crippen molar-refractivity contribution in [3.8, 4) is 0 Å². The van der Waals surface area contributed by atoms with E-state index in [0.29, 0.717) is 16.2 Å². The Kier molecular flexibility index (Phi) is 4.02. The third-order valence-electron chi connectivity index (χ3n) is 4.34. The number of carbonyl (C=O) groups excluding carboxylic acids is 1. The van der Waals surface area contributed by atoms with Gasteiger partial charge in [-0.3, -0.25) is 9.78 Å². The first-order chi connectivity index (χ1) is 16.3. The zero-order chi connectivity index (χ0) is 27.3. The van der Waals surface area contributed by atoms with E-state index in [4.69, 9.17) is 22.6 Å². The molecular weight excluding hydrogens is 382 g/mol. The summed E-state index contributed by atoms with van der Waals surface area (Å²) in [6, 6.07) is 5.86. The molecule has 150 valence electrons. The Bertz CT molecular complexity index is 1140. The summed E-state index contributed by atoms with van der Waals surface area (Å²) in [6.07, 6.45) is -8.08. The largest absolute Gasteiger partial charge is 0.338 e. The molecule has 1 fully saturated rings. The number of carbonyl (C=O) groups is 1. The van der Waals surface area contributed by atoms with Crippen molar-refractivity contribution >= 4 is 17.5 Å². The second-order valence-electron chi connectivity index (χ2n) is 6.30. The Morgan fingerprint density at radius 3 is 2.93 bits per heavy atom. The molecule has 1 atom stereocenters. The molecule has 1 unspecified atom stereocenters. The smallest absolute Gasteiger partial charge is 0.253 e. The van der Waals surface area contributed by atoms with Crippen LogP contribution in [0.3, 0.4) is 0 Å². The second kappa shape index (κ2) is 8.99. The van der Waals surface area contributed by atoms with Crippen LogP contribution < -0.4 is 0 Å². The van der Waals surface area contributed by atoms with E-state index in [0.717, 1.165) is 18.2 Å². The number of halogens is 3. The molecule has 0 saturated carbocycles. The van der Waals surface area contributed by atoms with Gasteiger partial charge < -0.3 is 4.90 Å². The number of aryl methyl sites for hydroxylation is 2. The normalized spacial score (nSPS) is 28.5. The quantitative estimate of drug-likeness (QED) is 0.633. The monoisotopic (exact) mass is 414 g/mol. The third kappa shape index (κ3) is 5.07. The highest BCUT2D eigenvalue weighted by molar-refractivity contribution is 6.31. The lowest BCUT2D eigenvalue weighted by molar-refractivity contribution is 0.0389. The Labute approximate surface area is 181 Å². The summed E-state index contributed by atoms with van der Waals surface area (Å²) in [5.74, 6) is -1.84. The summed E-state index contributed by atoms with van der Waals surface area (Å²) in [7, 11) is 0. The average molecular weight is 415 g/mol. The summed E-state index contributed by atoms with van der Waals surface area (Å²) in [5.41, 5.74) is -2.89. The van der Waals surface area contributed by atoms with Crippen LogP contribution >= 0.6 is 11.6 Å². The van der Waals surface area contributed by atoms with Crippen LogP contribution in [0, 0.1) is 5.82 Å². The van der Waals surface area contributed by atoms with E-state index in [1.165, 1.54) is 25.3 Å². The van der Waals surface area contributed by atoms with E-state index in [-0.39, 0.29) is 12.0 Å². The van der Waals surface area contributed by atoms with Gasteiger partial charge in [0.1, 0.15) is 11.5 Å². The second-order valence-corrected chi connectivity index (χ2v) is 6.71. The van der Waals surface area contributed by atoms with Crippen LogP contribution in [-0.4, -0.2) is 34.5 Å². The summed E-state index contributed by atoms with van der Waals surface area (Å²) < 4.78 is 95.0. The van der Waals surface area contributed by atoms with Gasteiger partial charge in [-0.25, -0.2) is 8.78 Å². The van der Waals surface area contributed by atoms with Crippen molar-refractivity contribution in [2.24, 2.45) is 0 Å². The van der Waals surface area contributed by atoms with Crippen LogP contribution in [0.5, 0.6) is 0 Å². The van der Waals surface area contributed by atoms with Crippen LogP contribution in [-0.2, 0) is 12.8 Å². The van der Waals surface area contributed by atoms with Crippen molar-refractivity contribution in [1.29, 1.82) is 0 Å².